The predicted molar refractivity (Wildman–Crippen MR) is 139 cm³/mol. The molecule has 3 heterocycles. The Hall–Kier alpha value is -3.60. The third kappa shape index (κ3) is 4.95. The number of benzene rings is 2. The summed E-state index contributed by atoms with van der Waals surface area (Å²) in [4.78, 5) is 22.0. The van der Waals surface area contributed by atoms with Crippen LogP contribution in [0.4, 0.5) is 0 Å². The molecule has 0 bridgehead atoms. The van der Waals surface area contributed by atoms with E-state index in [-0.39, 0.29) is 11.9 Å². The van der Waals surface area contributed by atoms with Gasteiger partial charge in [0.05, 0.1) is 22.7 Å². The van der Waals surface area contributed by atoms with Crippen LogP contribution >= 0.6 is 0 Å². The number of H-pyrrole nitrogens is 2. The van der Waals surface area contributed by atoms with Crippen LogP contribution in [0.1, 0.15) is 52.7 Å². The van der Waals surface area contributed by atoms with Crippen LogP contribution < -0.4 is 11.1 Å². The van der Waals surface area contributed by atoms with E-state index >= 15 is 0 Å². The van der Waals surface area contributed by atoms with Crippen LogP contribution in [0.2, 0.25) is 0 Å². The Morgan fingerprint density at radius 2 is 1.91 bits per heavy atom. The van der Waals surface area contributed by atoms with Gasteiger partial charge in [-0.05, 0) is 74.0 Å². The average molecular weight is 469 g/mol. The Morgan fingerprint density at radius 3 is 2.71 bits per heavy atom. The van der Waals surface area contributed by atoms with Crippen molar-refractivity contribution in [1.29, 1.82) is 5.26 Å². The molecule has 2 aromatic heterocycles. The maximum absolute atomic E-state index is 13.0. The van der Waals surface area contributed by atoms with Gasteiger partial charge >= 0.3 is 0 Å². The molecule has 1 amide bonds. The van der Waals surface area contributed by atoms with Crippen molar-refractivity contribution < 1.29 is 4.79 Å². The minimum Gasteiger partial charge on any atom is -0.361 e. The van der Waals surface area contributed by atoms with Crippen LogP contribution in [0, 0.1) is 11.3 Å². The molecule has 1 saturated heterocycles. The van der Waals surface area contributed by atoms with Gasteiger partial charge in [-0.1, -0.05) is 12.1 Å². The van der Waals surface area contributed by atoms with Gasteiger partial charge in [-0.2, -0.15) is 5.26 Å². The number of amides is 1. The number of nitrogens with two attached hydrogens (primary N) is 1. The number of rotatable bonds is 8. The maximum Gasteiger partial charge on any atom is 0.253 e. The summed E-state index contributed by atoms with van der Waals surface area (Å²) in [7, 11) is 0. The summed E-state index contributed by atoms with van der Waals surface area (Å²) in [6, 6.07) is 14.1. The number of carbonyl (C=O) groups is 1. The molecule has 0 radical (unpaired) electrons. The summed E-state index contributed by atoms with van der Waals surface area (Å²) in [5.41, 5.74) is 11.5. The second-order valence-corrected chi connectivity index (χ2v) is 9.48. The van der Waals surface area contributed by atoms with E-state index in [0.29, 0.717) is 17.7 Å². The van der Waals surface area contributed by atoms with Crippen molar-refractivity contribution in [3.05, 3.63) is 71.0 Å². The highest BCUT2D eigenvalue weighted by Crippen LogP contribution is 2.23. The van der Waals surface area contributed by atoms with Crippen molar-refractivity contribution in [2.45, 2.75) is 44.7 Å². The Kier molecular flexibility index (Phi) is 6.84. The molecule has 4 aromatic rings. The summed E-state index contributed by atoms with van der Waals surface area (Å²) >= 11 is 0. The molecular weight excluding hydrogens is 436 g/mol. The van der Waals surface area contributed by atoms with Crippen LogP contribution in [0.15, 0.2) is 48.8 Å². The Balaban J connectivity index is 1.07. The minimum absolute atomic E-state index is 0.0160. The lowest BCUT2D eigenvalue weighted by Gasteiger charge is -2.32. The number of nitrogens with one attached hydrogen (secondary N) is 3. The molecule has 5 N–H and O–H groups in total. The van der Waals surface area contributed by atoms with Crippen LogP contribution in [-0.2, 0) is 13.0 Å². The number of hydrogen-bond donors (Lipinski definition) is 4. The van der Waals surface area contributed by atoms with Crippen LogP contribution in [0.5, 0.6) is 0 Å². The highest BCUT2D eigenvalue weighted by molar-refractivity contribution is 6.06. The fourth-order valence-electron chi connectivity index (χ4n) is 5.24. The smallest absolute Gasteiger partial charge is 0.253 e. The highest BCUT2D eigenvalue weighted by Gasteiger charge is 2.22. The topological polar surface area (TPSA) is 114 Å². The zero-order valence-electron chi connectivity index (χ0n) is 19.9. The first kappa shape index (κ1) is 23.2. The molecule has 1 fully saturated rings. The van der Waals surface area contributed by atoms with Crippen LogP contribution in [0.25, 0.3) is 21.8 Å². The number of aromatic nitrogens is 2. The highest BCUT2D eigenvalue weighted by atomic mass is 16.1. The van der Waals surface area contributed by atoms with Crippen molar-refractivity contribution in [2.75, 3.05) is 19.6 Å². The molecule has 5 rings (SSSR count). The number of aromatic amines is 2. The van der Waals surface area contributed by atoms with E-state index in [4.69, 9.17) is 11.0 Å². The standard InChI is InChI=1S/C28H32N6O/c29-15-19-7-8-26-25(14-19)20(17-31-26)4-1-2-11-34-12-9-22(10-13-34)33-28(35)24-6-3-5-23-21(16-30)18-32-27(23)24/h3,5-8,14,17-18,22,31-32H,1-2,4,9-13,16,30H2,(H,33,35). The van der Waals surface area contributed by atoms with Gasteiger partial charge in [-0.15, -0.1) is 0 Å². The molecule has 0 aliphatic carbocycles. The average Bonchev–Trinajstić information content (AvgIpc) is 3.50. The fraction of sp³-hybridized carbons (Fsp3) is 0.357. The van der Waals surface area contributed by atoms with Crippen molar-refractivity contribution in [3.63, 3.8) is 0 Å². The zero-order valence-corrected chi connectivity index (χ0v) is 19.9. The minimum atomic E-state index is -0.0160. The van der Waals surface area contributed by atoms with Gasteiger partial charge < -0.3 is 25.9 Å². The van der Waals surface area contributed by atoms with Crippen molar-refractivity contribution in [1.82, 2.24) is 20.2 Å². The van der Waals surface area contributed by atoms with Crippen molar-refractivity contribution in [2.24, 2.45) is 5.73 Å². The SMILES string of the molecule is N#Cc1ccc2[nH]cc(CCCCN3CCC(NC(=O)c4cccc5c(CN)c[nH]c45)CC3)c2c1. The molecule has 7 nitrogen and oxygen atoms in total. The van der Waals surface area contributed by atoms with E-state index in [2.05, 4.69) is 32.5 Å². The Morgan fingerprint density at radius 1 is 1.09 bits per heavy atom. The third-order valence-electron chi connectivity index (χ3n) is 7.26. The summed E-state index contributed by atoms with van der Waals surface area (Å²) in [5, 5.41) is 14.6. The number of hydrogen-bond acceptors (Lipinski definition) is 4. The Labute approximate surface area is 205 Å². The van der Waals surface area contributed by atoms with Crippen molar-refractivity contribution in [3.8, 4) is 6.07 Å². The lowest BCUT2D eigenvalue weighted by Crippen LogP contribution is -2.44. The normalized spacial score (nSPS) is 15.0. The molecule has 180 valence electrons. The number of unbranched alkanes of at least 4 members (excludes halogenated alkanes) is 1. The van der Waals surface area contributed by atoms with E-state index in [1.807, 2.05) is 42.6 Å². The molecule has 2 aromatic carbocycles. The molecule has 1 aliphatic heterocycles. The second-order valence-electron chi connectivity index (χ2n) is 9.48. The summed E-state index contributed by atoms with van der Waals surface area (Å²) in [5.74, 6) is -0.0160. The van der Waals surface area contributed by atoms with Crippen molar-refractivity contribution >= 4 is 27.7 Å². The number of para-hydroxylation sites is 1. The second kappa shape index (κ2) is 10.3. The first-order chi connectivity index (χ1) is 17.2. The van der Waals surface area contributed by atoms with Gasteiger partial charge in [-0.25, -0.2) is 0 Å². The quantitative estimate of drug-likeness (QED) is 0.290. The largest absolute Gasteiger partial charge is 0.361 e. The van der Waals surface area contributed by atoms with Gasteiger partial charge in [0.1, 0.15) is 0 Å². The van der Waals surface area contributed by atoms with Gasteiger partial charge in [0.15, 0.2) is 0 Å². The molecule has 7 heteroatoms. The van der Waals surface area contributed by atoms with Gasteiger partial charge in [-0.3, -0.25) is 4.79 Å². The molecule has 1 aliphatic rings. The number of likely N-dealkylation sites (tertiary alicyclic amines) is 1. The van der Waals surface area contributed by atoms with E-state index in [1.54, 1.807) is 0 Å². The van der Waals surface area contributed by atoms with Gasteiger partial charge in [0.2, 0.25) is 0 Å². The van der Waals surface area contributed by atoms with Gasteiger partial charge in [0.25, 0.3) is 5.91 Å². The molecule has 0 atom stereocenters. The summed E-state index contributed by atoms with van der Waals surface area (Å²) < 4.78 is 0. The predicted octanol–water partition coefficient (Wildman–Crippen LogP) is 4.20. The lowest BCUT2D eigenvalue weighted by molar-refractivity contribution is 0.0912. The van der Waals surface area contributed by atoms with E-state index in [0.717, 1.165) is 79.1 Å². The first-order valence-electron chi connectivity index (χ1n) is 12.5. The van der Waals surface area contributed by atoms with E-state index in [9.17, 15) is 4.79 Å². The molecule has 35 heavy (non-hydrogen) atoms. The van der Waals surface area contributed by atoms with Gasteiger partial charge in [0, 0.05) is 54.4 Å². The van der Waals surface area contributed by atoms with Crippen LogP contribution in [0.3, 0.4) is 0 Å². The lowest BCUT2D eigenvalue weighted by atomic mass is 10.0. The number of fused-ring (bicyclic) bond motifs is 2. The summed E-state index contributed by atoms with van der Waals surface area (Å²) in [6.07, 6.45) is 9.18. The molecule has 0 saturated carbocycles. The number of aryl methyl sites for hydroxylation is 1. The number of carbonyl (C=O) groups excluding carboxylic acids is 1. The number of nitriles is 1. The monoisotopic (exact) mass is 468 g/mol. The third-order valence-corrected chi connectivity index (χ3v) is 7.26. The fourth-order valence-corrected chi connectivity index (χ4v) is 5.24. The Bertz CT molecular complexity index is 1370. The van der Waals surface area contributed by atoms with Crippen LogP contribution in [-0.4, -0.2) is 46.5 Å². The number of piperidine rings is 1. The van der Waals surface area contributed by atoms with E-state index in [1.165, 1.54) is 5.56 Å². The molecular formula is C28H32N6O. The van der Waals surface area contributed by atoms with E-state index < -0.39 is 0 Å². The maximum atomic E-state index is 13.0. The number of nitrogens with zero attached hydrogens (tertiary/aromatic N) is 2. The summed E-state index contributed by atoms with van der Waals surface area (Å²) in [6.45, 7) is 3.55. The molecule has 0 spiro atoms. The zero-order chi connectivity index (χ0) is 24.2. The first-order valence-corrected chi connectivity index (χ1v) is 12.5. The molecule has 0 unspecified atom stereocenters.